The lowest BCUT2D eigenvalue weighted by atomic mass is 10.2. The third-order valence-electron chi connectivity index (χ3n) is 4.20. The molecule has 0 fully saturated rings. The van der Waals surface area contributed by atoms with Gasteiger partial charge in [0.25, 0.3) is 5.69 Å². The van der Waals surface area contributed by atoms with E-state index in [1.54, 1.807) is 30.5 Å². The van der Waals surface area contributed by atoms with E-state index in [9.17, 15) is 10.1 Å². The topological polar surface area (TPSA) is 89.7 Å². The third-order valence-corrected chi connectivity index (χ3v) is 5.64. The molecule has 1 N–H and O–H groups in total. The maximum Gasteiger partial charge on any atom is 0.276 e. The average molecular weight is 483 g/mol. The molecule has 0 aliphatic carbocycles. The second-order valence-corrected chi connectivity index (χ2v) is 8.16. The lowest BCUT2D eigenvalue weighted by Gasteiger charge is -2.10. The number of fused-ring (bicyclic) bond motifs is 1. The number of anilines is 1. The Morgan fingerprint density at radius 1 is 1.17 bits per heavy atom. The molecule has 0 bridgehead atoms. The zero-order valence-corrected chi connectivity index (χ0v) is 17.9. The van der Waals surface area contributed by atoms with Crippen LogP contribution in [0.25, 0.3) is 10.2 Å². The van der Waals surface area contributed by atoms with Crippen molar-refractivity contribution in [3.8, 4) is 5.75 Å². The predicted molar refractivity (Wildman–Crippen MR) is 122 cm³/mol. The van der Waals surface area contributed by atoms with E-state index in [1.165, 1.54) is 17.4 Å². The minimum Gasteiger partial charge on any atom is -0.488 e. The Bertz CT molecular complexity index is 1210. The van der Waals surface area contributed by atoms with Crippen LogP contribution in [0.3, 0.4) is 0 Å². The van der Waals surface area contributed by atoms with Crippen LogP contribution in [-0.2, 0) is 6.61 Å². The molecular formula is C21H15BrN4O3S. The minimum atomic E-state index is -0.412. The largest absolute Gasteiger partial charge is 0.488 e. The Balaban J connectivity index is 1.50. The van der Waals surface area contributed by atoms with Crippen LogP contribution in [0.4, 0.5) is 10.8 Å². The Labute approximate surface area is 184 Å². The van der Waals surface area contributed by atoms with Crippen molar-refractivity contribution in [1.29, 1.82) is 0 Å². The molecule has 0 saturated carbocycles. The number of aromatic nitrogens is 1. The van der Waals surface area contributed by atoms with Crippen molar-refractivity contribution in [1.82, 2.24) is 4.98 Å². The maximum absolute atomic E-state index is 11.2. The van der Waals surface area contributed by atoms with Gasteiger partial charge in [-0.2, -0.15) is 5.10 Å². The van der Waals surface area contributed by atoms with E-state index in [0.29, 0.717) is 16.4 Å². The number of nitro groups is 1. The standard InChI is InChI=1S/C21H15BrN4O3S/c22-16-9-10-19(29-13-14-5-1-3-7-18(14)26(27)28)15(11-16)12-23-25-21-24-17-6-2-4-8-20(17)30-21/h1-12H,13H2,(H,24,25). The Kier molecular flexibility index (Phi) is 6.01. The van der Waals surface area contributed by atoms with Gasteiger partial charge in [-0.15, -0.1) is 0 Å². The summed E-state index contributed by atoms with van der Waals surface area (Å²) in [4.78, 5) is 15.3. The van der Waals surface area contributed by atoms with Crippen LogP contribution < -0.4 is 10.2 Å². The first-order valence-corrected chi connectivity index (χ1v) is 10.5. The van der Waals surface area contributed by atoms with Gasteiger partial charge in [0.1, 0.15) is 12.4 Å². The molecule has 0 atom stereocenters. The van der Waals surface area contributed by atoms with Crippen molar-refractivity contribution in [2.45, 2.75) is 6.61 Å². The van der Waals surface area contributed by atoms with Gasteiger partial charge in [-0.3, -0.25) is 15.5 Å². The Hall–Kier alpha value is -3.30. The summed E-state index contributed by atoms with van der Waals surface area (Å²) in [6.45, 7) is 0.0743. The van der Waals surface area contributed by atoms with Crippen molar-refractivity contribution in [2.24, 2.45) is 5.10 Å². The summed E-state index contributed by atoms with van der Waals surface area (Å²) in [5, 5.41) is 16.2. The van der Waals surface area contributed by atoms with E-state index in [1.807, 2.05) is 36.4 Å². The molecule has 0 aliphatic rings. The number of nitrogens with one attached hydrogen (secondary N) is 1. The molecule has 0 spiro atoms. The maximum atomic E-state index is 11.2. The van der Waals surface area contributed by atoms with E-state index in [2.05, 4.69) is 31.4 Å². The molecule has 0 aliphatic heterocycles. The highest BCUT2D eigenvalue weighted by Gasteiger charge is 2.13. The molecule has 9 heteroatoms. The number of ether oxygens (including phenoxy) is 1. The van der Waals surface area contributed by atoms with Gasteiger partial charge >= 0.3 is 0 Å². The number of thiazole rings is 1. The number of hydrogen-bond acceptors (Lipinski definition) is 7. The van der Waals surface area contributed by atoms with Gasteiger partial charge in [-0.1, -0.05) is 51.5 Å². The molecule has 4 aromatic rings. The smallest absolute Gasteiger partial charge is 0.276 e. The third kappa shape index (κ3) is 4.64. The molecule has 0 saturated heterocycles. The lowest BCUT2D eigenvalue weighted by Crippen LogP contribution is -2.02. The minimum absolute atomic E-state index is 0.0299. The zero-order valence-electron chi connectivity index (χ0n) is 15.5. The van der Waals surface area contributed by atoms with Crippen LogP contribution in [-0.4, -0.2) is 16.1 Å². The van der Waals surface area contributed by atoms with E-state index in [4.69, 9.17) is 4.74 Å². The molecule has 3 aromatic carbocycles. The van der Waals surface area contributed by atoms with Gasteiger partial charge in [0.2, 0.25) is 5.13 Å². The van der Waals surface area contributed by atoms with Crippen molar-refractivity contribution >= 4 is 54.5 Å². The quantitative estimate of drug-likeness (QED) is 0.198. The van der Waals surface area contributed by atoms with Gasteiger partial charge in [-0.05, 0) is 36.4 Å². The van der Waals surface area contributed by atoms with Crippen molar-refractivity contribution in [3.63, 3.8) is 0 Å². The Morgan fingerprint density at radius 2 is 1.97 bits per heavy atom. The molecule has 4 rings (SSSR count). The lowest BCUT2D eigenvalue weighted by molar-refractivity contribution is -0.385. The number of hydrazone groups is 1. The highest BCUT2D eigenvalue weighted by molar-refractivity contribution is 9.10. The fourth-order valence-electron chi connectivity index (χ4n) is 2.80. The molecule has 30 heavy (non-hydrogen) atoms. The highest BCUT2D eigenvalue weighted by Crippen LogP contribution is 2.27. The van der Waals surface area contributed by atoms with E-state index in [-0.39, 0.29) is 12.3 Å². The fourth-order valence-corrected chi connectivity index (χ4v) is 3.99. The van der Waals surface area contributed by atoms with Crippen LogP contribution in [0.1, 0.15) is 11.1 Å². The van der Waals surface area contributed by atoms with Crippen molar-refractivity contribution in [2.75, 3.05) is 5.43 Å². The fraction of sp³-hybridized carbons (Fsp3) is 0.0476. The van der Waals surface area contributed by atoms with E-state index in [0.717, 1.165) is 20.3 Å². The van der Waals surface area contributed by atoms with Gasteiger partial charge < -0.3 is 4.74 Å². The van der Waals surface area contributed by atoms with E-state index < -0.39 is 4.92 Å². The normalized spacial score (nSPS) is 11.1. The van der Waals surface area contributed by atoms with Crippen LogP contribution in [0.2, 0.25) is 0 Å². The number of hydrogen-bond donors (Lipinski definition) is 1. The van der Waals surface area contributed by atoms with Gasteiger partial charge in [-0.25, -0.2) is 4.98 Å². The summed E-state index contributed by atoms with van der Waals surface area (Å²) in [6, 6.07) is 19.9. The summed E-state index contributed by atoms with van der Waals surface area (Å²) >= 11 is 4.96. The van der Waals surface area contributed by atoms with Gasteiger partial charge in [0.15, 0.2) is 0 Å². The van der Waals surface area contributed by atoms with Crippen LogP contribution in [0.15, 0.2) is 76.3 Å². The first-order valence-electron chi connectivity index (χ1n) is 8.89. The second-order valence-electron chi connectivity index (χ2n) is 6.21. The van der Waals surface area contributed by atoms with Crippen molar-refractivity contribution in [3.05, 3.63) is 92.4 Å². The Morgan fingerprint density at radius 3 is 2.80 bits per heavy atom. The average Bonchev–Trinajstić information content (AvgIpc) is 3.16. The molecule has 1 aromatic heterocycles. The van der Waals surface area contributed by atoms with E-state index >= 15 is 0 Å². The van der Waals surface area contributed by atoms with Gasteiger partial charge in [0, 0.05) is 16.1 Å². The molecule has 0 radical (unpaired) electrons. The summed E-state index contributed by atoms with van der Waals surface area (Å²) in [5.74, 6) is 0.561. The van der Waals surface area contributed by atoms with Crippen LogP contribution in [0.5, 0.6) is 5.75 Å². The zero-order chi connectivity index (χ0) is 20.9. The number of nitrogens with zero attached hydrogens (tertiary/aromatic N) is 3. The van der Waals surface area contributed by atoms with Gasteiger partial charge in [0.05, 0.1) is 26.9 Å². The molecule has 7 nitrogen and oxygen atoms in total. The summed E-state index contributed by atoms with van der Waals surface area (Å²) in [7, 11) is 0. The number of nitro benzene ring substituents is 1. The van der Waals surface area contributed by atoms with Crippen LogP contribution in [0, 0.1) is 10.1 Å². The molecule has 1 heterocycles. The SMILES string of the molecule is O=[N+]([O-])c1ccccc1COc1ccc(Br)cc1C=NNc1nc2ccccc2s1. The molecule has 150 valence electrons. The summed E-state index contributed by atoms with van der Waals surface area (Å²) < 4.78 is 7.80. The number of rotatable bonds is 7. The van der Waals surface area contributed by atoms with Crippen molar-refractivity contribution < 1.29 is 9.66 Å². The monoisotopic (exact) mass is 482 g/mol. The number of para-hydroxylation sites is 2. The number of benzene rings is 3. The molecule has 0 amide bonds. The number of halogens is 1. The summed E-state index contributed by atoms with van der Waals surface area (Å²) in [5.41, 5.74) is 5.11. The first-order chi connectivity index (χ1) is 14.6. The first kappa shape index (κ1) is 20.0. The molecular weight excluding hydrogens is 468 g/mol. The highest BCUT2D eigenvalue weighted by atomic mass is 79.9. The van der Waals surface area contributed by atoms with Crippen LogP contribution >= 0.6 is 27.3 Å². The summed E-state index contributed by atoms with van der Waals surface area (Å²) in [6.07, 6.45) is 1.63. The second kappa shape index (κ2) is 9.02. The predicted octanol–water partition coefficient (Wildman–Crippen LogP) is 5.99. The molecule has 0 unspecified atom stereocenters.